The molecule has 0 amide bonds. The monoisotopic (exact) mass is 766 g/mol. The van der Waals surface area contributed by atoms with Crippen LogP contribution in [0.25, 0.3) is 111 Å². The van der Waals surface area contributed by atoms with Gasteiger partial charge in [-0.1, -0.05) is 166 Å². The van der Waals surface area contributed by atoms with Gasteiger partial charge in [0.05, 0.1) is 11.4 Å². The van der Waals surface area contributed by atoms with Crippen LogP contribution in [0.3, 0.4) is 0 Å². The average molecular weight is 767 g/mol. The Morgan fingerprint density at radius 3 is 1.85 bits per heavy atom. The predicted molar refractivity (Wildman–Crippen MR) is 249 cm³/mol. The predicted octanol–water partition coefficient (Wildman–Crippen LogP) is 15.3. The number of hydrogen-bond donors (Lipinski definition) is 0. The van der Waals surface area contributed by atoms with Gasteiger partial charge in [-0.2, -0.15) is 0 Å². The highest BCUT2D eigenvalue weighted by atomic mass is 16.3. The summed E-state index contributed by atoms with van der Waals surface area (Å²) in [6.45, 7) is 4.71. The maximum absolute atomic E-state index is 6.33. The molecule has 2 heterocycles. The van der Waals surface area contributed by atoms with Gasteiger partial charge in [-0.25, -0.2) is 9.97 Å². The van der Waals surface area contributed by atoms with E-state index in [0.717, 1.165) is 61.1 Å². The highest BCUT2D eigenvalue weighted by molar-refractivity contribution is 6.19. The zero-order chi connectivity index (χ0) is 40.0. The molecule has 1 aliphatic carbocycles. The SMILES string of the molecule is CC1(C)c2cc3ccccc3cc2-c2c(-c3ccc(-c4cc(-c5cccc(-c6ccc7oc8ccc9ccccc9c8c7c6)c5)nc(-c5ccccc5)n4)cc3)cccc21. The molecular weight excluding hydrogens is 729 g/mol. The van der Waals surface area contributed by atoms with Gasteiger partial charge in [-0.3, -0.25) is 0 Å². The van der Waals surface area contributed by atoms with Crippen molar-refractivity contribution >= 4 is 43.5 Å². The third-order valence-electron chi connectivity index (χ3n) is 12.7. The number of hydrogen-bond acceptors (Lipinski definition) is 3. The molecule has 3 nitrogen and oxygen atoms in total. The summed E-state index contributed by atoms with van der Waals surface area (Å²) in [6.07, 6.45) is 0. The van der Waals surface area contributed by atoms with Gasteiger partial charge in [0, 0.05) is 32.9 Å². The third-order valence-corrected chi connectivity index (χ3v) is 12.7. The second-order valence-electron chi connectivity index (χ2n) is 16.6. The topological polar surface area (TPSA) is 38.9 Å². The van der Waals surface area contributed by atoms with Gasteiger partial charge in [-0.15, -0.1) is 0 Å². The van der Waals surface area contributed by atoms with Crippen molar-refractivity contribution in [3.63, 3.8) is 0 Å². The van der Waals surface area contributed by atoms with Crippen LogP contribution < -0.4 is 0 Å². The molecule has 0 bridgehead atoms. The lowest BCUT2D eigenvalue weighted by atomic mass is 9.81. The Morgan fingerprint density at radius 2 is 1.02 bits per heavy atom. The van der Waals surface area contributed by atoms with Crippen molar-refractivity contribution in [3.05, 3.63) is 205 Å². The Morgan fingerprint density at radius 1 is 0.383 bits per heavy atom. The second-order valence-corrected chi connectivity index (χ2v) is 16.6. The zero-order valence-electron chi connectivity index (χ0n) is 33.3. The van der Waals surface area contributed by atoms with Crippen molar-refractivity contribution < 1.29 is 4.42 Å². The quantitative estimate of drug-likeness (QED) is 0.175. The molecule has 2 aromatic heterocycles. The van der Waals surface area contributed by atoms with E-state index in [-0.39, 0.29) is 5.41 Å². The number of benzene rings is 9. The van der Waals surface area contributed by atoms with Crippen LogP contribution in [0, 0.1) is 0 Å². The van der Waals surface area contributed by atoms with Crippen LogP contribution in [0.15, 0.2) is 199 Å². The molecule has 3 heteroatoms. The van der Waals surface area contributed by atoms with Crippen LogP contribution in [0.2, 0.25) is 0 Å². The lowest BCUT2D eigenvalue weighted by Gasteiger charge is -2.22. The summed E-state index contributed by atoms with van der Waals surface area (Å²) < 4.78 is 6.33. The van der Waals surface area contributed by atoms with E-state index < -0.39 is 0 Å². The van der Waals surface area contributed by atoms with E-state index in [9.17, 15) is 0 Å². The van der Waals surface area contributed by atoms with Crippen molar-refractivity contribution in [2.75, 3.05) is 0 Å². The fourth-order valence-electron chi connectivity index (χ4n) is 9.58. The van der Waals surface area contributed by atoms with E-state index in [2.05, 4.69) is 190 Å². The molecule has 0 saturated heterocycles. The average Bonchev–Trinajstić information content (AvgIpc) is 3.80. The molecule has 60 heavy (non-hydrogen) atoms. The summed E-state index contributed by atoms with van der Waals surface area (Å²) in [4.78, 5) is 10.4. The molecule has 12 rings (SSSR count). The van der Waals surface area contributed by atoms with Crippen LogP contribution in [-0.2, 0) is 5.41 Å². The second kappa shape index (κ2) is 13.2. The first-order valence-corrected chi connectivity index (χ1v) is 20.6. The highest BCUT2D eigenvalue weighted by Crippen LogP contribution is 2.53. The van der Waals surface area contributed by atoms with Crippen LogP contribution in [-0.4, -0.2) is 9.97 Å². The van der Waals surface area contributed by atoms with Crippen LogP contribution >= 0.6 is 0 Å². The molecule has 11 aromatic rings. The molecule has 9 aromatic carbocycles. The summed E-state index contributed by atoms with van der Waals surface area (Å²) >= 11 is 0. The highest BCUT2D eigenvalue weighted by Gasteiger charge is 2.37. The Labute approximate surface area is 348 Å². The molecule has 0 N–H and O–H groups in total. The normalized spacial score (nSPS) is 13.0. The summed E-state index contributed by atoms with van der Waals surface area (Å²) in [5.41, 5.74) is 16.6. The van der Waals surface area contributed by atoms with Crippen LogP contribution in [0.4, 0.5) is 0 Å². The van der Waals surface area contributed by atoms with Gasteiger partial charge < -0.3 is 4.42 Å². The van der Waals surface area contributed by atoms with Gasteiger partial charge in [-0.05, 0) is 109 Å². The van der Waals surface area contributed by atoms with E-state index in [4.69, 9.17) is 14.4 Å². The number of rotatable bonds is 5. The third kappa shape index (κ3) is 5.43. The molecule has 0 fully saturated rings. The lowest BCUT2D eigenvalue weighted by Crippen LogP contribution is -2.14. The van der Waals surface area contributed by atoms with E-state index in [1.165, 1.54) is 54.9 Å². The standard InChI is InChI=1S/C57H38N2O/c1-57(2)48-21-11-20-44(54(48)46-31-40-15-6-7-16-41(40)33-49(46)57)36-22-24-37(25-23-36)50-34-51(59-56(58-50)38-13-4-3-5-14-38)43-18-10-17-39(30-43)42-27-28-52-47(32-42)55-45-19-9-8-12-35(45)26-29-53(55)60-52/h3-34H,1-2H3. The Hall–Kier alpha value is -7.62. The molecule has 0 unspecified atom stereocenters. The molecule has 0 spiro atoms. The van der Waals surface area contributed by atoms with Crippen molar-refractivity contribution in [3.8, 4) is 67.3 Å². The molecule has 0 aliphatic heterocycles. The van der Waals surface area contributed by atoms with E-state index >= 15 is 0 Å². The van der Waals surface area contributed by atoms with Crippen molar-refractivity contribution in [1.82, 2.24) is 9.97 Å². The number of furan rings is 1. The summed E-state index contributed by atoms with van der Waals surface area (Å²) in [5.74, 6) is 0.697. The maximum Gasteiger partial charge on any atom is 0.160 e. The molecular formula is C57H38N2O. The van der Waals surface area contributed by atoms with Gasteiger partial charge in [0.2, 0.25) is 0 Å². The molecule has 0 atom stereocenters. The fourth-order valence-corrected chi connectivity index (χ4v) is 9.58. The minimum absolute atomic E-state index is 0.0948. The van der Waals surface area contributed by atoms with E-state index in [0.29, 0.717) is 5.82 Å². The van der Waals surface area contributed by atoms with Crippen molar-refractivity contribution in [2.24, 2.45) is 0 Å². The first-order valence-electron chi connectivity index (χ1n) is 20.6. The summed E-state index contributed by atoms with van der Waals surface area (Å²) in [5, 5.41) is 7.23. The molecule has 0 saturated carbocycles. The smallest absolute Gasteiger partial charge is 0.160 e. The first kappa shape index (κ1) is 34.4. The van der Waals surface area contributed by atoms with E-state index in [1.807, 2.05) is 18.2 Å². The molecule has 0 radical (unpaired) electrons. The van der Waals surface area contributed by atoms with Crippen LogP contribution in [0.5, 0.6) is 0 Å². The summed E-state index contributed by atoms with van der Waals surface area (Å²) in [7, 11) is 0. The number of aromatic nitrogens is 2. The zero-order valence-corrected chi connectivity index (χ0v) is 33.3. The Bertz CT molecular complexity index is 3500. The fraction of sp³-hybridized carbons (Fsp3) is 0.0526. The van der Waals surface area contributed by atoms with Crippen molar-refractivity contribution in [2.45, 2.75) is 19.3 Å². The van der Waals surface area contributed by atoms with Crippen LogP contribution in [0.1, 0.15) is 25.0 Å². The van der Waals surface area contributed by atoms with Gasteiger partial charge in [0.25, 0.3) is 0 Å². The number of fused-ring (bicyclic) bond motifs is 9. The van der Waals surface area contributed by atoms with E-state index in [1.54, 1.807) is 0 Å². The Kier molecular flexibility index (Phi) is 7.58. The summed E-state index contributed by atoms with van der Waals surface area (Å²) in [6, 6.07) is 69.5. The van der Waals surface area contributed by atoms with Crippen molar-refractivity contribution in [1.29, 1.82) is 0 Å². The number of nitrogens with zero attached hydrogens (tertiary/aromatic N) is 2. The van der Waals surface area contributed by atoms with Gasteiger partial charge in [0.1, 0.15) is 11.2 Å². The molecule has 1 aliphatic rings. The van der Waals surface area contributed by atoms with Gasteiger partial charge >= 0.3 is 0 Å². The largest absolute Gasteiger partial charge is 0.456 e. The molecule has 282 valence electrons. The minimum Gasteiger partial charge on any atom is -0.456 e. The van der Waals surface area contributed by atoms with Gasteiger partial charge in [0.15, 0.2) is 5.82 Å². The maximum atomic E-state index is 6.33. The first-order chi connectivity index (χ1) is 29.5. The minimum atomic E-state index is -0.0948. The lowest BCUT2D eigenvalue weighted by molar-refractivity contribution is 0.661. The Balaban J connectivity index is 0.948.